The predicted octanol–water partition coefficient (Wildman–Crippen LogP) is 1.77. The van der Waals surface area contributed by atoms with E-state index in [1.165, 1.54) is 7.11 Å². The fourth-order valence-electron chi connectivity index (χ4n) is 5.37. The van der Waals surface area contributed by atoms with Crippen LogP contribution in [0.15, 0.2) is 55.1 Å². The molecule has 1 fully saturated rings. The first-order valence-corrected chi connectivity index (χ1v) is 14.8. The van der Waals surface area contributed by atoms with Crippen molar-refractivity contribution in [1.29, 1.82) is 5.26 Å². The number of nitrogens with one attached hydrogen (secondary N) is 1. The number of guanidine groups is 1. The fourth-order valence-corrected chi connectivity index (χ4v) is 5.67. The van der Waals surface area contributed by atoms with Gasteiger partial charge in [-0.25, -0.2) is 0 Å². The van der Waals surface area contributed by atoms with Gasteiger partial charge in [-0.2, -0.15) is 10.3 Å². The molecule has 12 heteroatoms. The Kier molecular flexibility index (Phi) is 10.1. The molecule has 0 saturated carbocycles. The second-order valence-corrected chi connectivity index (χ2v) is 12.1. The lowest BCUT2D eigenvalue weighted by Crippen LogP contribution is -2.50. The van der Waals surface area contributed by atoms with Crippen molar-refractivity contribution in [2.75, 3.05) is 54.0 Å². The van der Waals surface area contributed by atoms with Crippen LogP contribution in [0.1, 0.15) is 39.2 Å². The number of fused-ring (bicyclic) bond motifs is 1. The Hall–Kier alpha value is -3.88. The van der Waals surface area contributed by atoms with Crippen LogP contribution in [0.2, 0.25) is 0 Å². The summed E-state index contributed by atoms with van der Waals surface area (Å²) in [7, 11) is 4.77. The zero-order valence-corrected chi connectivity index (χ0v) is 26.5. The number of piperazine rings is 1. The Bertz CT molecular complexity index is 1610. The van der Waals surface area contributed by atoms with Crippen molar-refractivity contribution in [3.8, 4) is 6.07 Å². The number of carbonyl (C=O) groups is 1. The number of ether oxygens (including phenoxy) is 2. The summed E-state index contributed by atoms with van der Waals surface area (Å²) in [5.41, 5.74) is 1.85. The van der Waals surface area contributed by atoms with Crippen LogP contribution >= 0.6 is 11.6 Å². The minimum Gasteiger partial charge on any atom is -0.501 e. The van der Waals surface area contributed by atoms with Crippen LogP contribution in [0.5, 0.6) is 0 Å². The van der Waals surface area contributed by atoms with E-state index >= 15 is 0 Å². The van der Waals surface area contributed by atoms with Crippen molar-refractivity contribution in [3.63, 3.8) is 0 Å². The van der Waals surface area contributed by atoms with Gasteiger partial charge < -0.3 is 19.7 Å². The SMILES string of the molecule is CN=C1N=c2c(cc(=C3CC(OC)=CC(OC)=C3Cl)c(=O)n2CCCN2CCN(C(=O)/C(C#N)=C/C(C)(C)C)CC2)CN1. The molecule has 1 amide bonds. The van der Waals surface area contributed by atoms with Crippen LogP contribution in [-0.2, 0) is 27.4 Å². The number of nitrogens with zero attached hydrogens (tertiary/aromatic N) is 6. The van der Waals surface area contributed by atoms with Gasteiger partial charge in [0.25, 0.3) is 11.5 Å². The third kappa shape index (κ3) is 7.37. The van der Waals surface area contributed by atoms with Crippen molar-refractivity contribution in [2.45, 2.75) is 46.7 Å². The second-order valence-electron chi connectivity index (χ2n) is 11.8. The highest BCUT2D eigenvalue weighted by Gasteiger charge is 2.26. The highest BCUT2D eigenvalue weighted by atomic mass is 35.5. The first-order chi connectivity index (χ1) is 20.5. The van der Waals surface area contributed by atoms with E-state index in [9.17, 15) is 14.9 Å². The van der Waals surface area contributed by atoms with Crippen molar-refractivity contribution >= 4 is 29.0 Å². The number of nitriles is 1. The zero-order valence-electron chi connectivity index (χ0n) is 25.8. The number of carbonyl (C=O) groups excluding carboxylic acids is 1. The third-order valence-corrected chi connectivity index (χ3v) is 7.99. The van der Waals surface area contributed by atoms with Crippen LogP contribution in [-0.4, -0.2) is 80.2 Å². The number of amides is 1. The van der Waals surface area contributed by atoms with Gasteiger partial charge >= 0.3 is 0 Å². The van der Waals surface area contributed by atoms with E-state index in [1.807, 2.05) is 26.8 Å². The lowest BCUT2D eigenvalue weighted by atomic mass is 9.93. The summed E-state index contributed by atoms with van der Waals surface area (Å²) in [4.78, 5) is 39.8. The molecule has 0 unspecified atom stereocenters. The van der Waals surface area contributed by atoms with Crippen LogP contribution in [0, 0.1) is 16.7 Å². The molecule has 11 nitrogen and oxygen atoms in total. The Balaban J connectivity index is 1.56. The lowest BCUT2D eigenvalue weighted by Gasteiger charge is -2.34. The number of hydrogen-bond acceptors (Lipinski definition) is 7. The molecule has 1 saturated heterocycles. The number of methoxy groups -OCH3 is 2. The maximum absolute atomic E-state index is 14.0. The molecule has 4 rings (SSSR count). The van der Waals surface area contributed by atoms with Gasteiger partial charge in [0, 0.05) is 69.6 Å². The highest BCUT2D eigenvalue weighted by molar-refractivity contribution is 6.36. The molecule has 0 radical (unpaired) electrons. The summed E-state index contributed by atoms with van der Waals surface area (Å²) in [6.45, 7) is 10.0. The third-order valence-electron chi connectivity index (χ3n) is 7.57. The van der Waals surface area contributed by atoms with Crippen LogP contribution in [0.3, 0.4) is 0 Å². The molecular formula is C31H40ClN7O4. The summed E-state index contributed by atoms with van der Waals surface area (Å²) in [5, 5.41) is 13.6. The van der Waals surface area contributed by atoms with Gasteiger partial charge in [-0.1, -0.05) is 38.4 Å². The van der Waals surface area contributed by atoms with Gasteiger partial charge in [0.2, 0.25) is 5.96 Å². The van der Waals surface area contributed by atoms with Crippen LogP contribution < -0.4 is 21.6 Å². The smallest absolute Gasteiger partial charge is 0.264 e. The Labute approximate surface area is 257 Å². The summed E-state index contributed by atoms with van der Waals surface area (Å²) in [5.74, 6) is 1.35. The molecule has 0 bridgehead atoms. The second kappa shape index (κ2) is 13.6. The number of rotatable bonds is 7. The van der Waals surface area contributed by atoms with Crippen LogP contribution in [0.25, 0.3) is 5.57 Å². The van der Waals surface area contributed by atoms with Crippen molar-refractivity contribution in [3.05, 3.63) is 67.0 Å². The van der Waals surface area contributed by atoms with E-state index in [1.54, 1.807) is 35.8 Å². The molecule has 2 aliphatic heterocycles. The topological polar surface area (TPSA) is 125 Å². The predicted molar refractivity (Wildman–Crippen MR) is 165 cm³/mol. The molecule has 3 aliphatic rings. The molecular weight excluding hydrogens is 570 g/mol. The number of hydrogen-bond donors (Lipinski definition) is 1. The monoisotopic (exact) mass is 609 g/mol. The number of halogens is 1. The quantitative estimate of drug-likeness (QED) is 0.369. The minimum absolute atomic E-state index is 0.189. The van der Waals surface area contributed by atoms with Crippen molar-refractivity contribution in [2.24, 2.45) is 15.4 Å². The number of allylic oxidation sites excluding steroid dienone is 4. The van der Waals surface area contributed by atoms with E-state index < -0.39 is 0 Å². The molecule has 1 aromatic rings. The highest BCUT2D eigenvalue weighted by Crippen LogP contribution is 2.32. The number of pyridine rings is 1. The van der Waals surface area contributed by atoms with Crippen molar-refractivity contribution in [1.82, 2.24) is 19.7 Å². The lowest BCUT2D eigenvalue weighted by molar-refractivity contribution is -0.128. The molecule has 0 spiro atoms. The average molecular weight is 610 g/mol. The van der Waals surface area contributed by atoms with E-state index in [0.717, 1.165) is 12.1 Å². The number of aromatic nitrogens is 1. The largest absolute Gasteiger partial charge is 0.501 e. The maximum atomic E-state index is 14.0. The fraction of sp³-hybridized carbons (Fsp3) is 0.516. The first kappa shape index (κ1) is 32.0. The minimum atomic E-state index is -0.255. The summed E-state index contributed by atoms with van der Waals surface area (Å²) in [6, 6.07) is 3.92. The molecule has 1 N–H and O–H groups in total. The number of aliphatic imine (C=N–C) groups is 1. The Morgan fingerprint density at radius 3 is 2.53 bits per heavy atom. The molecule has 0 atom stereocenters. The molecule has 1 aromatic heterocycles. The first-order valence-electron chi connectivity index (χ1n) is 14.4. The summed E-state index contributed by atoms with van der Waals surface area (Å²) >= 11 is 6.71. The summed E-state index contributed by atoms with van der Waals surface area (Å²) < 4.78 is 12.7. The van der Waals surface area contributed by atoms with Crippen molar-refractivity contribution < 1.29 is 14.3 Å². The van der Waals surface area contributed by atoms with Gasteiger partial charge in [-0.3, -0.25) is 24.0 Å². The van der Waals surface area contributed by atoms with Gasteiger partial charge in [0.15, 0.2) is 0 Å². The average Bonchev–Trinajstić information content (AvgIpc) is 3.00. The summed E-state index contributed by atoms with van der Waals surface area (Å²) in [6.07, 6.45) is 4.54. The van der Waals surface area contributed by atoms with Crippen LogP contribution in [0.4, 0.5) is 0 Å². The van der Waals surface area contributed by atoms with E-state index in [0.29, 0.717) is 90.9 Å². The molecule has 0 aromatic carbocycles. The molecule has 43 heavy (non-hydrogen) atoms. The maximum Gasteiger partial charge on any atom is 0.264 e. The van der Waals surface area contributed by atoms with Gasteiger partial charge in [0.1, 0.15) is 28.6 Å². The zero-order chi connectivity index (χ0) is 31.3. The molecule has 230 valence electrons. The van der Waals surface area contributed by atoms with Gasteiger partial charge in [0.05, 0.1) is 19.3 Å². The van der Waals surface area contributed by atoms with Gasteiger partial charge in [-0.15, -0.1) is 0 Å². The van der Waals surface area contributed by atoms with Gasteiger partial charge in [-0.05, 0) is 30.0 Å². The molecule has 3 heterocycles. The van der Waals surface area contributed by atoms with E-state index in [4.69, 9.17) is 21.1 Å². The Morgan fingerprint density at radius 2 is 1.93 bits per heavy atom. The normalized spacial score (nSPS) is 20.1. The molecule has 1 aliphatic carbocycles. The standard InChI is InChI=1S/C31H40ClN7O4/c1-31(2,3)17-21(18-33)28(40)38-12-10-37(11-13-38)8-7-9-39-27-20(19-35-30(34-4)36-27)14-24(29(39)41)23-15-22(42-5)16-25(43-6)26(23)32/h14,16-17H,7-13,15,19H2,1-6H3,(H,34,35)/b21-17+,24-23?. The van der Waals surface area contributed by atoms with E-state index in [2.05, 4.69) is 26.3 Å². The Morgan fingerprint density at radius 1 is 1.21 bits per heavy atom. The van der Waals surface area contributed by atoms with E-state index in [-0.39, 0.29) is 22.5 Å².